The van der Waals surface area contributed by atoms with E-state index in [4.69, 9.17) is 9.47 Å². The van der Waals surface area contributed by atoms with E-state index in [2.05, 4.69) is 5.10 Å². The molecule has 2 rings (SSSR count). The fraction of sp³-hybridized carbons (Fsp3) is 0.417. The summed E-state index contributed by atoms with van der Waals surface area (Å²) in [4.78, 5) is 0. The van der Waals surface area contributed by atoms with Gasteiger partial charge in [-0.2, -0.15) is 5.10 Å². The Kier molecular flexibility index (Phi) is 3.82. The van der Waals surface area contributed by atoms with E-state index >= 15 is 0 Å². The number of phenols is 1. The Morgan fingerprint density at radius 2 is 2.18 bits per heavy atom. The molecule has 1 aromatic carbocycles. The molecule has 0 radical (unpaired) electrons. The number of phenolic OH excluding ortho intramolecular Hbond substituents is 1. The smallest absolute Gasteiger partial charge is 0.166 e. The molecule has 1 aromatic rings. The summed E-state index contributed by atoms with van der Waals surface area (Å²) in [6.07, 6.45) is 1.64. The summed E-state index contributed by atoms with van der Waals surface area (Å²) in [5, 5.41) is 16.1. The number of hydrogen-bond donors (Lipinski definition) is 1. The molecule has 0 saturated carbocycles. The molecule has 1 fully saturated rings. The van der Waals surface area contributed by atoms with Crippen LogP contribution in [0.4, 0.5) is 0 Å². The monoisotopic (exact) mass is 236 g/mol. The van der Waals surface area contributed by atoms with Crippen LogP contribution in [-0.2, 0) is 4.74 Å². The van der Waals surface area contributed by atoms with Crippen LogP contribution in [0.15, 0.2) is 23.3 Å². The molecular formula is C12H16N2O3. The summed E-state index contributed by atoms with van der Waals surface area (Å²) in [5.74, 6) is 0.572. The van der Waals surface area contributed by atoms with Gasteiger partial charge in [0.05, 0.1) is 39.6 Å². The van der Waals surface area contributed by atoms with E-state index in [9.17, 15) is 5.11 Å². The Morgan fingerprint density at radius 1 is 1.41 bits per heavy atom. The minimum absolute atomic E-state index is 0.118. The Labute approximate surface area is 100 Å². The van der Waals surface area contributed by atoms with Crippen molar-refractivity contribution in [3.63, 3.8) is 0 Å². The van der Waals surface area contributed by atoms with Crippen LogP contribution < -0.4 is 4.74 Å². The zero-order chi connectivity index (χ0) is 12.1. The van der Waals surface area contributed by atoms with Crippen molar-refractivity contribution < 1.29 is 14.6 Å². The van der Waals surface area contributed by atoms with Gasteiger partial charge in [0.1, 0.15) is 0 Å². The lowest BCUT2D eigenvalue weighted by atomic mass is 10.2. The molecule has 0 aromatic heterocycles. The van der Waals surface area contributed by atoms with Gasteiger partial charge in [0.15, 0.2) is 11.5 Å². The van der Waals surface area contributed by atoms with Gasteiger partial charge >= 0.3 is 0 Å². The number of benzene rings is 1. The maximum Gasteiger partial charge on any atom is 0.166 e. The third-order valence-corrected chi connectivity index (χ3v) is 2.60. The third-order valence-electron chi connectivity index (χ3n) is 2.60. The quantitative estimate of drug-likeness (QED) is 0.797. The van der Waals surface area contributed by atoms with Crippen LogP contribution >= 0.6 is 0 Å². The number of para-hydroxylation sites is 1. The molecule has 0 unspecified atom stereocenters. The molecule has 1 saturated heterocycles. The first kappa shape index (κ1) is 11.7. The zero-order valence-electron chi connectivity index (χ0n) is 9.80. The molecule has 0 aliphatic carbocycles. The Morgan fingerprint density at radius 3 is 2.88 bits per heavy atom. The third kappa shape index (κ3) is 2.88. The largest absolute Gasteiger partial charge is 0.504 e. The molecule has 5 nitrogen and oxygen atoms in total. The van der Waals surface area contributed by atoms with E-state index in [1.165, 1.54) is 7.11 Å². The summed E-state index contributed by atoms with van der Waals surface area (Å²) in [5.41, 5.74) is 0.649. The molecule has 1 N–H and O–H groups in total. The number of nitrogens with zero attached hydrogens (tertiary/aromatic N) is 2. The number of ether oxygens (including phenoxy) is 2. The summed E-state index contributed by atoms with van der Waals surface area (Å²) in [7, 11) is 1.53. The predicted molar refractivity (Wildman–Crippen MR) is 64.6 cm³/mol. The van der Waals surface area contributed by atoms with Gasteiger partial charge in [0.2, 0.25) is 0 Å². The van der Waals surface area contributed by atoms with Crippen molar-refractivity contribution in [2.45, 2.75) is 0 Å². The first-order chi connectivity index (χ1) is 8.31. The van der Waals surface area contributed by atoms with E-state index in [-0.39, 0.29) is 5.75 Å². The van der Waals surface area contributed by atoms with Crippen LogP contribution in [0.1, 0.15) is 5.56 Å². The van der Waals surface area contributed by atoms with E-state index < -0.39 is 0 Å². The van der Waals surface area contributed by atoms with Crippen molar-refractivity contribution >= 4 is 6.21 Å². The van der Waals surface area contributed by atoms with Gasteiger partial charge in [-0.3, -0.25) is 5.01 Å². The molecule has 1 aliphatic heterocycles. The van der Waals surface area contributed by atoms with Crippen LogP contribution in [0, 0.1) is 0 Å². The fourth-order valence-corrected chi connectivity index (χ4v) is 1.62. The predicted octanol–water partition coefficient (Wildman–Crippen LogP) is 1.07. The average molecular weight is 236 g/mol. The lowest BCUT2D eigenvalue weighted by Crippen LogP contribution is -2.32. The molecule has 5 heteroatoms. The fourth-order valence-electron chi connectivity index (χ4n) is 1.62. The van der Waals surface area contributed by atoms with Crippen LogP contribution in [0.2, 0.25) is 0 Å². The number of methoxy groups -OCH3 is 1. The minimum atomic E-state index is 0.118. The van der Waals surface area contributed by atoms with Crippen molar-refractivity contribution in [3.8, 4) is 11.5 Å². The van der Waals surface area contributed by atoms with E-state index in [1.807, 2.05) is 11.1 Å². The maximum atomic E-state index is 9.86. The highest BCUT2D eigenvalue weighted by Crippen LogP contribution is 2.28. The first-order valence-corrected chi connectivity index (χ1v) is 5.54. The van der Waals surface area contributed by atoms with Crippen molar-refractivity contribution in [1.82, 2.24) is 5.01 Å². The molecule has 1 heterocycles. The van der Waals surface area contributed by atoms with Crippen molar-refractivity contribution in [1.29, 1.82) is 0 Å². The summed E-state index contributed by atoms with van der Waals surface area (Å²) in [6, 6.07) is 5.32. The molecule has 92 valence electrons. The summed E-state index contributed by atoms with van der Waals surface area (Å²) < 4.78 is 10.3. The van der Waals surface area contributed by atoms with Crippen LogP contribution in [-0.4, -0.2) is 49.7 Å². The number of rotatable bonds is 3. The first-order valence-electron chi connectivity index (χ1n) is 5.54. The van der Waals surface area contributed by atoms with E-state index in [0.29, 0.717) is 24.5 Å². The van der Waals surface area contributed by atoms with Crippen LogP contribution in [0.3, 0.4) is 0 Å². The number of hydrogen-bond acceptors (Lipinski definition) is 5. The second-order valence-corrected chi connectivity index (χ2v) is 3.71. The van der Waals surface area contributed by atoms with Crippen molar-refractivity contribution in [3.05, 3.63) is 23.8 Å². The highest BCUT2D eigenvalue weighted by Gasteiger charge is 2.08. The molecular weight excluding hydrogens is 220 g/mol. The van der Waals surface area contributed by atoms with Crippen molar-refractivity contribution in [2.24, 2.45) is 5.10 Å². The van der Waals surface area contributed by atoms with Gasteiger partial charge in [-0.05, 0) is 12.1 Å². The van der Waals surface area contributed by atoms with Gasteiger partial charge in [-0.1, -0.05) is 6.07 Å². The normalized spacial score (nSPS) is 16.4. The van der Waals surface area contributed by atoms with Crippen LogP contribution in [0.5, 0.6) is 11.5 Å². The van der Waals surface area contributed by atoms with Crippen LogP contribution in [0.25, 0.3) is 0 Å². The lowest BCUT2D eigenvalue weighted by Gasteiger charge is -2.23. The zero-order valence-corrected chi connectivity index (χ0v) is 9.80. The van der Waals surface area contributed by atoms with Gasteiger partial charge in [-0.15, -0.1) is 0 Å². The summed E-state index contributed by atoms with van der Waals surface area (Å²) in [6.45, 7) is 2.95. The molecule has 17 heavy (non-hydrogen) atoms. The van der Waals surface area contributed by atoms with Gasteiger partial charge in [0.25, 0.3) is 0 Å². The highest BCUT2D eigenvalue weighted by molar-refractivity contribution is 5.84. The van der Waals surface area contributed by atoms with Gasteiger partial charge < -0.3 is 14.6 Å². The lowest BCUT2D eigenvalue weighted by molar-refractivity contribution is 0.0397. The van der Waals surface area contributed by atoms with Gasteiger partial charge in [-0.25, -0.2) is 0 Å². The topological polar surface area (TPSA) is 54.3 Å². The molecule has 0 spiro atoms. The van der Waals surface area contributed by atoms with Gasteiger partial charge in [0, 0.05) is 5.56 Å². The number of morpholine rings is 1. The Hall–Kier alpha value is -1.75. The minimum Gasteiger partial charge on any atom is -0.504 e. The second-order valence-electron chi connectivity index (χ2n) is 3.71. The number of hydrazone groups is 1. The summed E-state index contributed by atoms with van der Waals surface area (Å²) >= 11 is 0. The molecule has 0 atom stereocenters. The average Bonchev–Trinajstić information content (AvgIpc) is 2.39. The maximum absolute atomic E-state index is 9.86. The highest BCUT2D eigenvalue weighted by atomic mass is 16.5. The SMILES string of the molecule is COc1cccc(C=NN2CCOCC2)c1O. The number of aromatic hydroxyl groups is 1. The molecule has 0 bridgehead atoms. The molecule has 1 aliphatic rings. The van der Waals surface area contributed by atoms with E-state index in [0.717, 1.165) is 13.1 Å². The standard InChI is InChI=1S/C12H16N2O3/c1-16-11-4-2-3-10(12(11)15)9-13-14-5-7-17-8-6-14/h2-4,9,15H,5-8H2,1H3. The second kappa shape index (κ2) is 5.54. The molecule has 0 amide bonds. The van der Waals surface area contributed by atoms with Crippen molar-refractivity contribution in [2.75, 3.05) is 33.4 Å². The van der Waals surface area contributed by atoms with E-state index in [1.54, 1.807) is 18.3 Å². The Bertz CT molecular complexity index is 401. The Balaban J connectivity index is 2.09.